The van der Waals surface area contributed by atoms with Crippen molar-refractivity contribution in [1.82, 2.24) is 15.0 Å². The second-order valence-corrected chi connectivity index (χ2v) is 4.63. The molecule has 100 valence electrons. The molecular weight excluding hydrogens is 236 g/mol. The lowest BCUT2D eigenvalue weighted by molar-refractivity contribution is 0.922. The first-order valence-corrected chi connectivity index (χ1v) is 6.59. The maximum Gasteiger partial charge on any atom is 0.132 e. The molecule has 0 unspecified atom stereocenters. The van der Waals surface area contributed by atoms with Crippen LogP contribution in [0.25, 0.3) is 0 Å². The molecule has 0 amide bonds. The quantitative estimate of drug-likeness (QED) is 0.913. The maximum atomic E-state index is 4.53. The average Bonchev–Trinajstić information content (AvgIpc) is 2.43. The average molecular weight is 256 g/mol. The van der Waals surface area contributed by atoms with Crippen LogP contribution in [0.4, 0.5) is 5.82 Å². The summed E-state index contributed by atoms with van der Waals surface area (Å²) in [5.41, 5.74) is 4.43. The van der Waals surface area contributed by atoms with E-state index in [2.05, 4.69) is 39.3 Å². The van der Waals surface area contributed by atoms with Crippen molar-refractivity contribution in [2.45, 2.75) is 33.6 Å². The predicted molar refractivity (Wildman–Crippen MR) is 77.5 cm³/mol. The number of nitrogens with one attached hydrogen (secondary N) is 1. The molecule has 4 nitrogen and oxygen atoms in total. The van der Waals surface area contributed by atoms with Crippen LogP contribution in [0.1, 0.15) is 35.3 Å². The van der Waals surface area contributed by atoms with Gasteiger partial charge in [-0.15, -0.1) is 0 Å². The van der Waals surface area contributed by atoms with Gasteiger partial charge in [0.1, 0.15) is 11.6 Å². The Balaban J connectivity index is 2.29. The van der Waals surface area contributed by atoms with E-state index in [1.54, 1.807) is 0 Å². The summed E-state index contributed by atoms with van der Waals surface area (Å²) in [5.74, 6) is 1.68. The maximum absolute atomic E-state index is 4.53. The Hall–Kier alpha value is -1.97. The van der Waals surface area contributed by atoms with Crippen molar-refractivity contribution >= 4 is 5.82 Å². The summed E-state index contributed by atoms with van der Waals surface area (Å²) >= 11 is 0. The molecule has 4 heteroatoms. The number of anilines is 1. The zero-order valence-electron chi connectivity index (χ0n) is 12.0. The van der Waals surface area contributed by atoms with Gasteiger partial charge in [0.05, 0.1) is 5.69 Å². The molecule has 2 aromatic heterocycles. The molecule has 0 aliphatic heterocycles. The topological polar surface area (TPSA) is 50.7 Å². The zero-order chi connectivity index (χ0) is 13.8. The largest absolute Gasteiger partial charge is 0.373 e. The molecule has 0 spiro atoms. The molecule has 0 radical (unpaired) electrons. The van der Waals surface area contributed by atoms with E-state index < -0.39 is 0 Å². The van der Waals surface area contributed by atoms with Crippen LogP contribution in [0.2, 0.25) is 0 Å². The van der Waals surface area contributed by atoms with Crippen molar-refractivity contribution in [2.75, 3.05) is 12.4 Å². The van der Waals surface area contributed by atoms with Gasteiger partial charge < -0.3 is 5.32 Å². The van der Waals surface area contributed by atoms with Crippen LogP contribution in [-0.2, 0) is 12.8 Å². The molecular formula is C15H20N4. The number of aryl methyl sites for hydroxylation is 2. The highest BCUT2D eigenvalue weighted by molar-refractivity contribution is 5.46. The van der Waals surface area contributed by atoms with Crippen molar-refractivity contribution in [3.8, 4) is 0 Å². The van der Waals surface area contributed by atoms with Gasteiger partial charge in [0.15, 0.2) is 0 Å². The van der Waals surface area contributed by atoms with E-state index >= 15 is 0 Å². The van der Waals surface area contributed by atoms with Crippen molar-refractivity contribution in [1.29, 1.82) is 0 Å². The molecule has 0 saturated heterocycles. The first kappa shape index (κ1) is 13.5. The molecule has 0 aromatic carbocycles. The fraction of sp³-hybridized carbons (Fsp3) is 0.400. The second kappa shape index (κ2) is 5.78. The molecule has 0 aliphatic rings. The number of rotatable bonds is 4. The number of pyridine rings is 1. The second-order valence-electron chi connectivity index (χ2n) is 4.63. The highest BCUT2D eigenvalue weighted by Gasteiger charge is 2.09. The summed E-state index contributed by atoms with van der Waals surface area (Å²) in [4.78, 5) is 13.4. The minimum Gasteiger partial charge on any atom is -0.373 e. The number of hydrogen-bond acceptors (Lipinski definition) is 4. The molecule has 0 atom stereocenters. The Morgan fingerprint density at radius 1 is 1.16 bits per heavy atom. The van der Waals surface area contributed by atoms with Crippen molar-refractivity contribution < 1.29 is 0 Å². The van der Waals surface area contributed by atoms with Crippen LogP contribution in [0.15, 0.2) is 18.3 Å². The molecule has 19 heavy (non-hydrogen) atoms. The summed E-state index contributed by atoms with van der Waals surface area (Å²) in [6.07, 6.45) is 3.70. The lowest BCUT2D eigenvalue weighted by Gasteiger charge is -2.10. The van der Waals surface area contributed by atoms with Crippen molar-refractivity contribution in [2.24, 2.45) is 0 Å². The minimum atomic E-state index is 0.744. The van der Waals surface area contributed by atoms with E-state index in [4.69, 9.17) is 0 Å². The van der Waals surface area contributed by atoms with Gasteiger partial charge in [0, 0.05) is 30.9 Å². The molecule has 1 N–H and O–H groups in total. The van der Waals surface area contributed by atoms with Crippen LogP contribution < -0.4 is 5.32 Å². The minimum absolute atomic E-state index is 0.744. The van der Waals surface area contributed by atoms with E-state index in [0.717, 1.165) is 41.4 Å². The van der Waals surface area contributed by atoms with E-state index in [1.807, 2.05) is 27.1 Å². The number of nitrogens with zero attached hydrogens (tertiary/aromatic N) is 3. The van der Waals surface area contributed by atoms with Gasteiger partial charge in [0.25, 0.3) is 0 Å². The van der Waals surface area contributed by atoms with Crippen LogP contribution >= 0.6 is 0 Å². The molecule has 2 rings (SSSR count). The fourth-order valence-electron chi connectivity index (χ4n) is 2.04. The first-order valence-electron chi connectivity index (χ1n) is 6.59. The summed E-state index contributed by atoms with van der Waals surface area (Å²) in [6.45, 7) is 6.09. The third-order valence-electron chi connectivity index (χ3n) is 3.24. The highest BCUT2D eigenvalue weighted by atomic mass is 15.0. The molecule has 0 fully saturated rings. The first-order chi connectivity index (χ1) is 9.13. The Kier molecular flexibility index (Phi) is 4.10. The fourth-order valence-corrected chi connectivity index (χ4v) is 2.04. The number of hydrogen-bond donors (Lipinski definition) is 1. The van der Waals surface area contributed by atoms with E-state index in [0.29, 0.717) is 0 Å². The third kappa shape index (κ3) is 3.08. The molecule has 2 heterocycles. The smallest absolute Gasteiger partial charge is 0.132 e. The van der Waals surface area contributed by atoms with Crippen LogP contribution in [-0.4, -0.2) is 22.0 Å². The third-order valence-corrected chi connectivity index (χ3v) is 3.24. The van der Waals surface area contributed by atoms with Crippen molar-refractivity contribution in [3.63, 3.8) is 0 Å². The van der Waals surface area contributed by atoms with Gasteiger partial charge in [-0.25, -0.2) is 9.97 Å². The number of aromatic nitrogens is 3. The lowest BCUT2D eigenvalue weighted by atomic mass is 10.1. The SMILES string of the molecule is CCc1ccc(Cc2nc(C)nc(NC)c2C)nc1. The highest BCUT2D eigenvalue weighted by Crippen LogP contribution is 2.17. The van der Waals surface area contributed by atoms with Gasteiger partial charge in [-0.05, 0) is 31.9 Å². The Labute approximate surface area is 114 Å². The van der Waals surface area contributed by atoms with Gasteiger partial charge in [-0.1, -0.05) is 13.0 Å². The van der Waals surface area contributed by atoms with Crippen LogP contribution in [0.3, 0.4) is 0 Å². The van der Waals surface area contributed by atoms with Gasteiger partial charge in [-0.2, -0.15) is 0 Å². The zero-order valence-corrected chi connectivity index (χ0v) is 12.0. The van der Waals surface area contributed by atoms with E-state index in [-0.39, 0.29) is 0 Å². The Morgan fingerprint density at radius 2 is 1.95 bits per heavy atom. The normalized spacial score (nSPS) is 10.5. The van der Waals surface area contributed by atoms with E-state index in [9.17, 15) is 0 Å². The van der Waals surface area contributed by atoms with E-state index in [1.165, 1.54) is 5.56 Å². The Bertz CT molecular complexity index is 561. The molecule has 0 aliphatic carbocycles. The summed E-state index contributed by atoms with van der Waals surface area (Å²) < 4.78 is 0. The predicted octanol–water partition coefficient (Wildman–Crippen LogP) is 2.68. The Morgan fingerprint density at radius 3 is 2.53 bits per heavy atom. The van der Waals surface area contributed by atoms with Crippen LogP contribution in [0.5, 0.6) is 0 Å². The van der Waals surface area contributed by atoms with Gasteiger partial charge in [-0.3, -0.25) is 4.98 Å². The molecule has 0 saturated carbocycles. The molecule has 2 aromatic rings. The molecule has 0 bridgehead atoms. The standard InChI is InChI=1S/C15H20N4/c1-5-12-6-7-13(17-9-12)8-14-10(2)15(16-4)19-11(3)18-14/h6-7,9H,5,8H2,1-4H3,(H,16,18,19). The summed E-state index contributed by atoms with van der Waals surface area (Å²) in [7, 11) is 1.88. The summed E-state index contributed by atoms with van der Waals surface area (Å²) in [6, 6.07) is 4.21. The van der Waals surface area contributed by atoms with Crippen LogP contribution in [0, 0.1) is 13.8 Å². The van der Waals surface area contributed by atoms with Crippen molar-refractivity contribution in [3.05, 3.63) is 46.7 Å². The summed E-state index contributed by atoms with van der Waals surface area (Å²) in [5, 5.41) is 3.11. The van der Waals surface area contributed by atoms with Gasteiger partial charge in [0.2, 0.25) is 0 Å². The monoisotopic (exact) mass is 256 g/mol. The van der Waals surface area contributed by atoms with Gasteiger partial charge >= 0.3 is 0 Å². The lowest BCUT2D eigenvalue weighted by Crippen LogP contribution is -2.06.